The van der Waals surface area contributed by atoms with Crippen LogP contribution in [0.4, 0.5) is 0 Å². The van der Waals surface area contributed by atoms with E-state index in [9.17, 15) is 18.0 Å². The van der Waals surface area contributed by atoms with E-state index in [2.05, 4.69) is 5.32 Å². The van der Waals surface area contributed by atoms with Gasteiger partial charge in [-0.25, -0.2) is 18.4 Å². The van der Waals surface area contributed by atoms with Gasteiger partial charge in [0.25, 0.3) is 0 Å². The summed E-state index contributed by atoms with van der Waals surface area (Å²) in [6, 6.07) is 5.77. The van der Waals surface area contributed by atoms with Crippen molar-refractivity contribution in [3.63, 3.8) is 0 Å². The van der Waals surface area contributed by atoms with Gasteiger partial charge < -0.3 is 10.4 Å². The number of nitrogens with one attached hydrogen (secondary N) is 1. The van der Waals surface area contributed by atoms with E-state index < -0.39 is 21.9 Å². The van der Waals surface area contributed by atoms with Crippen molar-refractivity contribution in [2.45, 2.75) is 11.4 Å². The van der Waals surface area contributed by atoms with E-state index in [0.29, 0.717) is 11.6 Å². The average molecular weight is 284 g/mol. The van der Waals surface area contributed by atoms with Crippen LogP contribution in [0.25, 0.3) is 0 Å². The van der Waals surface area contributed by atoms with Gasteiger partial charge in [-0.3, -0.25) is 4.79 Å². The number of rotatable bonds is 5. The largest absolute Gasteiger partial charge is 0.478 e. The van der Waals surface area contributed by atoms with Crippen LogP contribution < -0.4 is 10.5 Å². The third kappa shape index (κ3) is 5.32. The third-order valence-electron chi connectivity index (χ3n) is 2.07. The maximum absolute atomic E-state index is 11.2. The molecule has 0 fully saturated rings. The lowest BCUT2D eigenvalue weighted by atomic mass is 10.2. The van der Waals surface area contributed by atoms with E-state index >= 15 is 0 Å². The fraction of sp³-hybridized carbons (Fsp3) is 0.0909. The summed E-state index contributed by atoms with van der Waals surface area (Å²) in [6.45, 7) is 0.0617. The summed E-state index contributed by atoms with van der Waals surface area (Å²) in [7, 11) is -3.79. The SMILES string of the molecule is NS(=O)(=O)c1cccc(CNC(=O)/C=C/C(=O)O)c1. The van der Waals surface area contributed by atoms with Gasteiger partial charge in [0, 0.05) is 18.7 Å². The van der Waals surface area contributed by atoms with Crippen molar-refractivity contribution in [2.24, 2.45) is 5.14 Å². The van der Waals surface area contributed by atoms with Crippen molar-refractivity contribution in [1.82, 2.24) is 5.32 Å². The van der Waals surface area contributed by atoms with Crippen LogP contribution in [0.2, 0.25) is 0 Å². The fourth-order valence-electron chi connectivity index (χ4n) is 1.23. The minimum atomic E-state index is -3.79. The first kappa shape index (κ1) is 14.9. The summed E-state index contributed by atoms with van der Waals surface area (Å²) in [6.07, 6.45) is 1.57. The number of carboxylic acids is 1. The first-order chi connectivity index (χ1) is 8.79. The summed E-state index contributed by atoms with van der Waals surface area (Å²) >= 11 is 0. The summed E-state index contributed by atoms with van der Waals surface area (Å²) < 4.78 is 22.2. The smallest absolute Gasteiger partial charge is 0.328 e. The number of carbonyl (C=O) groups excluding carboxylic acids is 1. The molecule has 4 N–H and O–H groups in total. The number of hydrogen-bond donors (Lipinski definition) is 3. The Morgan fingerprint density at radius 2 is 2.00 bits per heavy atom. The van der Waals surface area contributed by atoms with Crippen LogP contribution in [-0.2, 0) is 26.2 Å². The molecule has 0 atom stereocenters. The average Bonchev–Trinajstić information content (AvgIpc) is 2.33. The Kier molecular flexibility index (Phi) is 4.79. The molecule has 1 amide bonds. The molecular formula is C11H12N2O5S. The van der Waals surface area contributed by atoms with Crippen molar-refractivity contribution in [3.05, 3.63) is 42.0 Å². The summed E-state index contributed by atoms with van der Waals surface area (Å²) in [5, 5.41) is 15.7. The first-order valence-corrected chi connectivity index (χ1v) is 6.64. The molecule has 1 aromatic rings. The molecule has 0 aliphatic rings. The van der Waals surface area contributed by atoms with Crippen LogP contribution in [0.15, 0.2) is 41.3 Å². The maximum Gasteiger partial charge on any atom is 0.328 e. The summed E-state index contributed by atoms with van der Waals surface area (Å²) in [5.74, 6) is -1.82. The highest BCUT2D eigenvalue weighted by Crippen LogP contribution is 2.09. The van der Waals surface area contributed by atoms with E-state index in [1.54, 1.807) is 6.07 Å². The monoisotopic (exact) mass is 284 g/mol. The van der Waals surface area contributed by atoms with Gasteiger partial charge in [-0.2, -0.15) is 0 Å². The quantitative estimate of drug-likeness (QED) is 0.633. The molecule has 0 radical (unpaired) electrons. The number of primary sulfonamides is 1. The number of nitrogens with two attached hydrogens (primary N) is 1. The van der Waals surface area contributed by atoms with Gasteiger partial charge in [-0.1, -0.05) is 12.1 Å². The number of sulfonamides is 1. The fourth-order valence-corrected chi connectivity index (χ4v) is 1.81. The third-order valence-corrected chi connectivity index (χ3v) is 2.98. The summed E-state index contributed by atoms with van der Waals surface area (Å²) in [4.78, 5) is 21.3. The highest BCUT2D eigenvalue weighted by atomic mass is 32.2. The second kappa shape index (κ2) is 6.12. The van der Waals surface area contributed by atoms with Crippen LogP contribution in [0, 0.1) is 0 Å². The Morgan fingerprint density at radius 1 is 1.32 bits per heavy atom. The highest BCUT2D eigenvalue weighted by Gasteiger charge is 2.08. The van der Waals surface area contributed by atoms with E-state index in [1.165, 1.54) is 18.2 Å². The molecule has 0 spiro atoms. The molecule has 1 aromatic carbocycles. The van der Waals surface area contributed by atoms with Crippen LogP contribution in [0.5, 0.6) is 0 Å². The molecule has 102 valence electrons. The van der Waals surface area contributed by atoms with E-state index in [4.69, 9.17) is 10.2 Å². The topological polar surface area (TPSA) is 127 Å². The Balaban J connectivity index is 2.69. The Hall–Kier alpha value is -2.19. The molecule has 0 heterocycles. The van der Waals surface area contributed by atoms with Crippen LogP contribution >= 0.6 is 0 Å². The zero-order valence-electron chi connectivity index (χ0n) is 9.74. The van der Waals surface area contributed by atoms with Gasteiger partial charge in [-0.15, -0.1) is 0 Å². The highest BCUT2D eigenvalue weighted by molar-refractivity contribution is 7.89. The number of amides is 1. The number of carboxylic acid groups (broad SMARTS) is 1. The molecule has 0 unspecified atom stereocenters. The molecule has 7 nitrogen and oxygen atoms in total. The Labute approximate surface area is 109 Å². The molecular weight excluding hydrogens is 272 g/mol. The zero-order chi connectivity index (χ0) is 14.5. The predicted octanol–water partition coefficient (Wildman–Crippen LogP) is -0.409. The lowest BCUT2D eigenvalue weighted by Gasteiger charge is -2.04. The second-order valence-electron chi connectivity index (χ2n) is 3.58. The molecule has 19 heavy (non-hydrogen) atoms. The molecule has 8 heteroatoms. The lowest BCUT2D eigenvalue weighted by Crippen LogP contribution is -2.21. The Bertz CT molecular complexity index is 622. The second-order valence-corrected chi connectivity index (χ2v) is 5.14. The Morgan fingerprint density at radius 3 is 2.58 bits per heavy atom. The first-order valence-electron chi connectivity index (χ1n) is 5.09. The van der Waals surface area contributed by atoms with Gasteiger partial charge in [0.05, 0.1) is 4.90 Å². The summed E-state index contributed by atoms with van der Waals surface area (Å²) in [5.41, 5.74) is 0.531. The van der Waals surface area contributed by atoms with Gasteiger partial charge >= 0.3 is 5.97 Å². The minimum Gasteiger partial charge on any atom is -0.478 e. The zero-order valence-corrected chi connectivity index (χ0v) is 10.6. The maximum atomic E-state index is 11.2. The molecule has 0 saturated heterocycles. The molecule has 1 rings (SSSR count). The van der Waals surface area contributed by atoms with Crippen molar-refractivity contribution >= 4 is 21.9 Å². The number of hydrogen-bond acceptors (Lipinski definition) is 4. The van der Waals surface area contributed by atoms with Gasteiger partial charge in [0.2, 0.25) is 15.9 Å². The normalized spacial score (nSPS) is 11.4. The van der Waals surface area contributed by atoms with Gasteiger partial charge in [0.15, 0.2) is 0 Å². The van der Waals surface area contributed by atoms with Crippen LogP contribution in [0.1, 0.15) is 5.56 Å². The van der Waals surface area contributed by atoms with E-state index in [-0.39, 0.29) is 11.4 Å². The number of aliphatic carboxylic acids is 1. The van der Waals surface area contributed by atoms with Crippen molar-refractivity contribution in [3.8, 4) is 0 Å². The molecule has 0 saturated carbocycles. The van der Waals surface area contributed by atoms with Crippen LogP contribution in [0.3, 0.4) is 0 Å². The van der Waals surface area contributed by atoms with Gasteiger partial charge in [-0.05, 0) is 17.7 Å². The number of benzene rings is 1. The van der Waals surface area contributed by atoms with E-state index in [0.717, 1.165) is 6.08 Å². The molecule has 0 aliphatic heterocycles. The number of carbonyl (C=O) groups is 2. The molecule has 0 aromatic heterocycles. The standard InChI is InChI=1S/C11H12N2O5S/c12-19(17,18)9-3-1-2-8(6-9)7-13-10(14)4-5-11(15)16/h1-6H,7H2,(H,13,14)(H,15,16)(H2,12,17,18)/b5-4+. The van der Waals surface area contributed by atoms with E-state index in [1.807, 2.05) is 0 Å². The van der Waals surface area contributed by atoms with Gasteiger partial charge in [0.1, 0.15) is 0 Å². The predicted molar refractivity (Wildman–Crippen MR) is 66.4 cm³/mol. The minimum absolute atomic E-state index is 0.0553. The lowest BCUT2D eigenvalue weighted by molar-refractivity contribution is -0.131. The van der Waals surface area contributed by atoms with Crippen molar-refractivity contribution < 1.29 is 23.1 Å². The molecule has 0 bridgehead atoms. The van der Waals surface area contributed by atoms with Crippen molar-refractivity contribution in [2.75, 3.05) is 0 Å². The van der Waals surface area contributed by atoms with Crippen LogP contribution in [-0.4, -0.2) is 25.4 Å². The molecule has 0 aliphatic carbocycles. The van der Waals surface area contributed by atoms with Crippen molar-refractivity contribution in [1.29, 1.82) is 0 Å².